The van der Waals surface area contributed by atoms with Gasteiger partial charge in [0.05, 0.1) is 17.8 Å². The molecule has 1 amide bonds. The first-order chi connectivity index (χ1) is 17.5. The van der Waals surface area contributed by atoms with Gasteiger partial charge in [0.1, 0.15) is 0 Å². The average molecular weight is 509 g/mol. The van der Waals surface area contributed by atoms with Gasteiger partial charge in [-0.15, -0.1) is 0 Å². The minimum Gasteiger partial charge on any atom is -0.336 e. The van der Waals surface area contributed by atoms with Gasteiger partial charge in [0.15, 0.2) is 0 Å². The highest BCUT2D eigenvalue weighted by atomic mass is 19.4. The standard InChI is InChI=1S/C27H23F3N4O3/c1-18-8-6-13-22(14-18)34-26(37)33(17-20-11-7-12-21(15-20)27(28,29)30)25(36)23(31-34)24(35)32(2)16-19-9-4-3-5-10-19/h3-15H,16-17H2,1-2H3. The van der Waals surface area contributed by atoms with Gasteiger partial charge in [-0.3, -0.25) is 14.2 Å². The Bertz CT molecular complexity index is 1560. The van der Waals surface area contributed by atoms with Crippen LogP contribution in [0.3, 0.4) is 0 Å². The van der Waals surface area contributed by atoms with Gasteiger partial charge < -0.3 is 4.90 Å². The van der Waals surface area contributed by atoms with Crippen LogP contribution in [0.15, 0.2) is 88.5 Å². The number of alkyl halides is 3. The molecule has 3 aromatic carbocycles. The molecule has 0 spiro atoms. The number of hydrogen-bond acceptors (Lipinski definition) is 4. The summed E-state index contributed by atoms with van der Waals surface area (Å²) in [6, 6.07) is 20.1. The summed E-state index contributed by atoms with van der Waals surface area (Å²) in [6.45, 7) is 1.50. The van der Waals surface area contributed by atoms with Crippen LogP contribution in [-0.2, 0) is 19.3 Å². The summed E-state index contributed by atoms with van der Waals surface area (Å²) >= 11 is 0. The minimum absolute atomic E-state index is 0.0760. The summed E-state index contributed by atoms with van der Waals surface area (Å²) in [7, 11) is 1.50. The van der Waals surface area contributed by atoms with Crippen LogP contribution < -0.4 is 11.2 Å². The van der Waals surface area contributed by atoms with Gasteiger partial charge in [-0.05, 0) is 47.9 Å². The first kappa shape index (κ1) is 25.6. The third kappa shape index (κ3) is 5.69. The zero-order chi connectivity index (χ0) is 26.7. The van der Waals surface area contributed by atoms with E-state index < -0.39 is 41.1 Å². The van der Waals surface area contributed by atoms with E-state index in [0.29, 0.717) is 5.69 Å². The zero-order valence-corrected chi connectivity index (χ0v) is 20.1. The van der Waals surface area contributed by atoms with E-state index in [4.69, 9.17) is 0 Å². The van der Waals surface area contributed by atoms with Crippen LogP contribution in [0, 0.1) is 6.92 Å². The third-order valence-electron chi connectivity index (χ3n) is 5.71. The highest BCUT2D eigenvalue weighted by Gasteiger charge is 2.30. The fourth-order valence-electron chi connectivity index (χ4n) is 3.85. The zero-order valence-electron chi connectivity index (χ0n) is 20.1. The normalized spacial score (nSPS) is 11.4. The van der Waals surface area contributed by atoms with Crippen molar-refractivity contribution in [1.29, 1.82) is 0 Å². The topological polar surface area (TPSA) is 77.2 Å². The Morgan fingerprint density at radius 1 is 0.919 bits per heavy atom. The molecule has 0 aliphatic carbocycles. The lowest BCUT2D eigenvalue weighted by Crippen LogP contribution is -2.46. The second-order valence-electron chi connectivity index (χ2n) is 8.62. The van der Waals surface area contributed by atoms with Crippen LogP contribution in [0.25, 0.3) is 5.69 Å². The lowest BCUT2D eigenvalue weighted by Gasteiger charge is -2.18. The van der Waals surface area contributed by atoms with Crippen LogP contribution in [0.4, 0.5) is 13.2 Å². The van der Waals surface area contributed by atoms with Crippen molar-refractivity contribution in [2.75, 3.05) is 7.05 Å². The Kier molecular flexibility index (Phi) is 7.10. The smallest absolute Gasteiger partial charge is 0.336 e. The van der Waals surface area contributed by atoms with Gasteiger partial charge in [0, 0.05) is 13.6 Å². The number of nitrogens with zero attached hydrogens (tertiary/aromatic N) is 4. The molecular weight excluding hydrogens is 485 g/mol. The number of carbonyl (C=O) groups excluding carboxylic acids is 1. The minimum atomic E-state index is -4.59. The van der Waals surface area contributed by atoms with Gasteiger partial charge in [0.25, 0.3) is 11.5 Å². The molecule has 10 heteroatoms. The predicted molar refractivity (Wildman–Crippen MR) is 132 cm³/mol. The molecule has 7 nitrogen and oxygen atoms in total. The van der Waals surface area contributed by atoms with Crippen molar-refractivity contribution >= 4 is 5.91 Å². The van der Waals surface area contributed by atoms with Crippen LogP contribution in [-0.4, -0.2) is 32.2 Å². The maximum absolute atomic E-state index is 13.3. The second kappa shape index (κ2) is 10.3. The Morgan fingerprint density at radius 2 is 1.59 bits per heavy atom. The van der Waals surface area contributed by atoms with E-state index in [1.54, 1.807) is 31.2 Å². The third-order valence-corrected chi connectivity index (χ3v) is 5.71. The first-order valence-corrected chi connectivity index (χ1v) is 11.3. The fraction of sp³-hybridized carbons (Fsp3) is 0.185. The fourth-order valence-corrected chi connectivity index (χ4v) is 3.85. The van der Waals surface area contributed by atoms with Crippen molar-refractivity contribution in [3.63, 3.8) is 0 Å². The van der Waals surface area contributed by atoms with Gasteiger partial charge in [-0.2, -0.15) is 23.0 Å². The van der Waals surface area contributed by atoms with E-state index in [1.807, 2.05) is 30.3 Å². The molecule has 0 atom stereocenters. The van der Waals surface area contributed by atoms with Crippen molar-refractivity contribution in [1.82, 2.24) is 19.2 Å². The van der Waals surface area contributed by atoms with Crippen LogP contribution in [0.1, 0.15) is 32.7 Å². The summed E-state index contributed by atoms with van der Waals surface area (Å²) in [4.78, 5) is 41.3. The largest absolute Gasteiger partial charge is 0.416 e. The lowest BCUT2D eigenvalue weighted by atomic mass is 10.1. The summed E-state index contributed by atoms with van der Waals surface area (Å²) in [5.41, 5.74) is -1.30. The molecule has 0 fully saturated rings. The van der Waals surface area contributed by atoms with Crippen LogP contribution >= 0.6 is 0 Å². The molecule has 4 aromatic rings. The number of hydrogen-bond donors (Lipinski definition) is 0. The van der Waals surface area contributed by atoms with Crippen molar-refractivity contribution in [2.24, 2.45) is 0 Å². The maximum atomic E-state index is 13.3. The summed E-state index contributed by atoms with van der Waals surface area (Å²) in [6.07, 6.45) is -4.59. The van der Waals surface area contributed by atoms with Gasteiger partial charge >= 0.3 is 11.9 Å². The lowest BCUT2D eigenvalue weighted by molar-refractivity contribution is -0.137. The molecule has 0 aliphatic heterocycles. The van der Waals surface area contributed by atoms with E-state index in [9.17, 15) is 27.6 Å². The van der Waals surface area contributed by atoms with Gasteiger partial charge in [-0.25, -0.2) is 4.79 Å². The molecule has 0 saturated heterocycles. The van der Waals surface area contributed by atoms with E-state index in [1.165, 1.54) is 24.1 Å². The molecule has 1 aromatic heterocycles. The highest BCUT2D eigenvalue weighted by molar-refractivity contribution is 5.91. The number of amides is 1. The average Bonchev–Trinajstić information content (AvgIpc) is 2.86. The van der Waals surface area contributed by atoms with Crippen molar-refractivity contribution in [3.05, 3.63) is 128 Å². The number of halogens is 3. The molecule has 0 unspecified atom stereocenters. The number of carbonyl (C=O) groups is 1. The van der Waals surface area contributed by atoms with E-state index in [-0.39, 0.29) is 12.1 Å². The molecule has 0 radical (unpaired) electrons. The SMILES string of the molecule is Cc1cccc(-n2nc(C(=O)N(C)Cc3ccccc3)c(=O)n(Cc3cccc(C(F)(F)F)c3)c2=O)c1. The maximum Gasteiger partial charge on any atom is 0.416 e. The van der Waals surface area contributed by atoms with Crippen molar-refractivity contribution in [3.8, 4) is 5.69 Å². The van der Waals surface area contributed by atoms with E-state index in [0.717, 1.165) is 32.5 Å². The summed E-state index contributed by atoms with van der Waals surface area (Å²) < 4.78 is 41.3. The molecule has 4 rings (SSSR count). The summed E-state index contributed by atoms with van der Waals surface area (Å²) in [5, 5.41) is 4.10. The number of rotatable bonds is 6. The van der Waals surface area contributed by atoms with E-state index in [2.05, 4.69) is 5.10 Å². The van der Waals surface area contributed by atoms with Gasteiger partial charge in [-0.1, -0.05) is 54.6 Å². The second-order valence-corrected chi connectivity index (χ2v) is 8.62. The summed E-state index contributed by atoms with van der Waals surface area (Å²) in [5.74, 6) is -0.729. The Balaban J connectivity index is 1.83. The molecule has 1 heterocycles. The molecule has 190 valence electrons. The molecule has 0 aliphatic rings. The van der Waals surface area contributed by atoms with E-state index >= 15 is 0 Å². The first-order valence-electron chi connectivity index (χ1n) is 11.3. The Hall–Kier alpha value is -4.47. The van der Waals surface area contributed by atoms with Crippen LogP contribution in [0.2, 0.25) is 0 Å². The Labute approximate surface area is 210 Å². The number of aromatic nitrogens is 3. The van der Waals surface area contributed by atoms with Crippen molar-refractivity contribution in [2.45, 2.75) is 26.2 Å². The molecule has 0 saturated carbocycles. The molecule has 37 heavy (non-hydrogen) atoms. The number of aryl methyl sites for hydroxylation is 1. The number of benzene rings is 3. The van der Waals surface area contributed by atoms with Crippen molar-refractivity contribution < 1.29 is 18.0 Å². The highest BCUT2D eigenvalue weighted by Crippen LogP contribution is 2.29. The Morgan fingerprint density at radius 3 is 2.27 bits per heavy atom. The van der Waals surface area contributed by atoms with Crippen LogP contribution in [0.5, 0.6) is 0 Å². The quantitative estimate of drug-likeness (QED) is 0.394. The monoisotopic (exact) mass is 508 g/mol. The predicted octanol–water partition coefficient (Wildman–Crippen LogP) is 4.04. The molecular formula is C27H23F3N4O3. The molecule has 0 bridgehead atoms. The molecule has 0 N–H and O–H groups in total. The van der Waals surface area contributed by atoms with Gasteiger partial charge in [0.2, 0.25) is 5.69 Å².